The molecule has 6 amide bonds. The number of piperidine rings is 2. The molecule has 18 nitrogen and oxygen atoms in total. The highest BCUT2D eigenvalue weighted by Crippen LogP contribution is 2.40. The van der Waals surface area contributed by atoms with Crippen molar-refractivity contribution < 1.29 is 37.5 Å². The lowest BCUT2D eigenvalue weighted by Gasteiger charge is -2.48. The van der Waals surface area contributed by atoms with E-state index in [4.69, 9.17) is 10.5 Å². The first-order chi connectivity index (χ1) is 35.4. The number of aromatic nitrogens is 1. The number of nitrogens with one attached hydrogen (secondary N) is 4. The number of ether oxygens (including phenoxy) is 1. The third-order valence-corrected chi connectivity index (χ3v) is 16.4. The van der Waals surface area contributed by atoms with Crippen LogP contribution in [0.2, 0.25) is 0 Å². The molecule has 3 aromatic rings. The average molecular weight is 1050 g/mol. The van der Waals surface area contributed by atoms with Crippen molar-refractivity contribution >= 4 is 52.9 Å². The molecule has 1 aromatic heterocycles. The topological polar surface area (TPSA) is 210 Å². The maximum atomic E-state index is 14.7. The number of halogens is 2. The van der Waals surface area contributed by atoms with Gasteiger partial charge < -0.3 is 51.3 Å². The molecule has 5 aliphatic rings. The minimum atomic E-state index is -2.67. The molecule has 21 heteroatoms. The molecule has 0 radical (unpaired) electrons. The molecule has 6 heterocycles. The summed E-state index contributed by atoms with van der Waals surface area (Å²) in [6.45, 7) is 10.4. The zero-order chi connectivity index (χ0) is 52.8. The lowest BCUT2D eigenvalue weighted by atomic mass is 9.85. The summed E-state index contributed by atoms with van der Waals surface area (Å²) >= 11 is 1.58. The van der Waals surface area contributed by atoms with E-state index >= 15 is 0 Å². The number of hydrazone groups is 1. The van der Waals surface area contributed by atoms with E-state index in [1.165, 1.54) is 0 Å². The largest absolute Gasteiger partial charge is 0.362 e. The summed E-state index contributed by atoms with van der Waals surface area (Å²) in [5.74, 6) is -1.85. The van der Waals surface area contributed by atoms with Gasteiger partial charge in [0.25, 0.3) is 6.43 Å². The average Bonchev–Trinajstić information content (AvgIpc) is 4.18. The molecule has 74 heavy (non-hydrogen) atoms. The minimum Gasteiger partial charge on any atom is -0.362 e. The number of carbonyl (C=O) groups excluding carboxylic acids is 5. The van der Waals surface area contributed by atoms with Crippen LogP contribution < -0.4 is 31.9 Å². The van der Waals surface area contributed by atoms with Crippen molar-refractivity contribution in [1.82, 2.24) is 46.0 Å². The Morgan fingerprint density at radius 1 is 0.932 bits per heavy atom. The van der Waals surface area contributed by atoms with Gasteiger partial charge in [-0.2, -0.15) is 5.10 Å². The van der Waals surface area contributed by atoms with E-state index in [0.29, 0.717) is 95.7 Å². The molecule has 402 valence electrons. The number of likely N-dealkylation sites (N-methyl/N-ethyl adjacent to an activating group) is 1. The Hall–Kier alpha value is -5.77. The highest BCUT2D eigenvalue weighted by atomic mass is 32.1. The predicted molar refractivity (Wildman–Crippen MR) is 281 cm³/mol. The number of alkyl halides is 2. The van der Waals surface area contributed by atoms with Gasteiger partial charge in [-0.15, -0.1) is 11.3 Å². The number of rotatable bonds is 16. The summed E-state index contributed by atoms with van der Waals surface area (Å²) in [6, 6.07) is 9.66. The van der Waals surface area contributed by atoms with Crippen molar-refractivity contribution in [3.8, 4) is 10.4 Å². The zero-order valence-corrected chi connectivity index (χ0v) is 44.4. The monoisotopic (exact) mass is 1040 g/mol. The summed E-state index contributed by atoms with van der Waals surface area (Å²) in [5, 5.41) is 18.5. The highest BCUT2D eigenvalue weighted by molar-refractivity contribution is 7.13. The highest BCUT2D eigenvalue weighted by Gasteiger charge is 2.43. The van der Waals surface area contributed by atoms with Gasteiger partial charge in [-0.25, -0.2) is 18.6 Å². The number of likely N-dealkylation sites (tertiary alicyclic amines) is 3. The molecule has 0 aliphatic carbocycles. The number of hydrogen-bond donors (Lipinski definition) is 5. The quantitative estimate of drug-likeness (QED) is 0.134. The number of nitrogens with two attached hydrogens (primary N) is 1. The molecule has 0 spiro atoms. The van der Waals surface area contributed by atoms with Crippen molar-refractivity contribution in [1.29, 1.82) is 0 Å². The van der Waals surface area contributed by atoms with Crippen molar-refractivity contribution in [2.45, 2.75) is 122 Å². The van der Waals surface area contributed by atoms with E-state index in [1.807, 2.05) is 70.6 Å². The first-order valence-corrected chi connectivity index (χ1v) is 27.0. The van der Waals surface area contributed by atoms with Crippen molar-refractivity contribution in [3.05, 3.63) is 69.9 Å². The van der Waals surface area contributed by atoms with E-state index in [2.05, 4.69) is 36.3 Å². The summed E-state index contributed by atoms with van der Waals surface area (Å²) in [7, 11) is 3.43. The van der Waals surface area contributed by atoms with Crippen LogP contribution in [0.1, 0.15) is 99.6 Å². The molecule has 3 fully saturated rings. The second-order valence-corrected chi connectivity index (χ2v) is 22.4. The number of fused-ring (bicyclic) bond motifs is 1. The van der Waals surface area contributed by atoms with Gasteiger partial charge in [-0.3, -0.25) is 24.2 Å². The lowest BCUT2D eigenvalue weighted by Crippen LogP contribution is -2.64. The van der Waals surface area contributed by atoms with E-state index in [-0.39, 0.29) is 59.8 Å². The van der Waals surface area contributed by atoms with Crippen molar-refractivity contribution in [2.24, 2.45) is 22.2 Å². The number of benzene rings is 2. The van der Waals surface area contributed by atoms with Crippen molar-refractivity contribution in [2.75, 3.05) is 78.0 Å². The number of thiazole rings is 1. The molecule has 0 bridgehead atoms. The fourth-order valence-electron chi connectivity index (χ4n) is 11.3. The van der Waals surface area contributed by atoms with Crippen LogP contribution in [0.5, 0.6) is 0 Å². The fourth-order valence-corrected chi connectivity index (χ4v) is 12.1. The molecular weight excluding hydrogens is 971 g/mol. The number of amides is 6. The first kappa shape index (κ1) is 54.5. The number of anilines is 1. The van der Waals surface area contributed by atoms with E-state index in [1.54, 1.807) is 50.4 Å². The normalized spacial score (nSPS) is 22.2. The second kappa shape index (κ2) is 23.8. The number of nitrogens with zero attached hydrogens (tertiary/aromatic N) is 7. The third-order valence-electron chi connectivity index (χ3n) is 15.4. The molecule has 5 aliphatic heterocycles. The Morgan fingerprint density at radius 2 is 1.68 bits per heavy atom. The number of aryl methyl sites for hydroxylation is 2. The van der Waals surface area contributed by atoms with Crippen LogP contribution in [0.3, 0.4) is 0 Å². The van der Waals surface area contributed by atoms with Gasteiger partial charge in [0.2, 0.25) is 23.6 Å². The van der Waals surface area contributed by atoms with Gasteiger partial charge in [-0.1, -0.05) is 51.1 Å². The first-order valence-electron chi connectivity index (χ1n) is 26.1. The van der Waals surface area contributed by atoms with Crippen molar-refractivity contribution in [3.63, 3.8) is 0 Å². The Labute approximate surface area is 437 Å². The van der Waals surface area contributed by atoms with Crippen LogP contribution in [0.4, 0.5) is 19.3 Å². The Morgan fingerprint density at radius 3 is 2.34 bits per heavy atom. The van der Waals surface area contributed by atoms with Crippen LogP contribution >= 0.6 is 11.3 Å². The van der Waals surface area contributed by atoms with Crippen LogP contribution in [0.25, 0.3) is 10.4 Å². The predicted octanol–water partition coefficient (Wildman–Crippen LogP) is 4.57. The molecule has 6 atom stereocenters. The van der Waals surface area contributed by atoms with E-state index < -0.39 is 42.6 Å². The molecular formula is C53H74F2N12O6S. The second-order valence-electron chi connectivity index (χ2n) is 21.5. The smallest absolute Gasteiger partial charge is 0.317 e. The maximum absolute atomic E-state index is 14.7. The van der Waals surface area contributed by atoms with E-state index in [9.17, 15) is 32.8 Å². The van der Waals surface area contributed by atoms with Gasteiger partial charge >= 0.3 is 6.03 Å². The molecule has 3 saturated heterocycles. The van der Waals surface area contributed by atoms with Crippen LogP contribution in [0, 0.1) is 18.3 Å². The Balaban J connectivity index is 0.813. The number of carbonyl (C=O) groups is 5. The molecule has 8 rings (SSSR count). The standard InChI is InChI=1S/C53H74F2N12O6S/c1-32-46(74-31-59-32)34-13-11-33(12-14-34)25-58-50(70)42-10-8-19-67(42)51(71)47(53(2,3)4)62-44(68)29-73-30-45(69)64-20-15-37(16-21-64)61-41-17-22-65(52(72)57-5)28-40(41)49(56)66-18-7-9-35-23-38(36-26-60-63(6)27-36)39(48(54)55)24-43(35)66/h11-14,23-24,26,31,36-37,40-42,47-49,61H,7-10,15-22,25,27-30,56H2,1-6H3,(H,57,72)(H,58,70)(H,62,68). The number of urea groups is 1. The van der Waals surface area contributed by atoms with Gasteiger partial charge in [0.05, 0.1) is 22.2 Å². The molecule has 6 unspecified atom stereocenters. The van der Waals surface area contributed by atoms with Gasteiger partial charge in [0, 0.05) is 108 Å². The Bertz CT molecular complexity index is 2520. The molecule has 0 saturated carbocycles. The summed E-state index contributed by atoms with van der Waals surface area (Å²) in [4.78, 5) is 79.8. The van der Waals surface area contributed by atoms with E-state index in [0.717, 1.165) is 40.1 Å². The van der Waals surface area contributed by atoms with Gasteiger partial charge in [0.15, 0.2) is 0 Å². The maximum Gasteiger partial charge on any atom is 0.317 e. The number of hydrogen-bond acceptors (Lipinski definition) is 13. The van der Waals surface area contributed by atoms with Gasteiger partial charge in [0.1, 0.15) is 25.3 Å². The molecule has 2 aromatic carbocycles. The minimum absolute atomic E-state index is 0.0108. The zero-order valence-electron chi connectivity index (χ0n) is 43.6. The lowest BCUT2D eigenvalue weighted by molar-refractivity contribution is -0.145. The van der Waals surface area contributed by atoms with Crippen LogP contribution in [-0.4, -0.2) is 164 Å². The van der Waals surface area contributed by atoms with Crippen LogP contribution in [-0.2, 0) is 36.9 Å². The molecule has 6 N–H and O–H groups in total. The Kier molecular flexibility index (Phi) is 17.6. The SMILES string of the molecule is CNC(=O)N1CCC(NC2CCN(C(=O)COCC(=O)NC(C(=O)N3CCCC3C(=O)NCc3ccc(-c4scnc4C)cc3)C(C)(C)C)CC2)C(C(N)N2CCCc3cc(C4C=NN(C)C4)c(C(F)F)cc32)C1. The van der Waals surface area contributed by atoms with Gasteiger partial charge in [-0.05, 0) is 85.6 Å². The van der Waals surface area contributed by atoms with Crippen LogP contribution in [0.15, 0.2) is 47.0 Å². The summed E-state index contributed by atoms with van der Waals surface area (Å²) in [6.07, 6.45) is 3.15. The summed E-state index contributed by atoms with van der Waals surface area (Å²) in [5.41, 5.74) is 13.6. The summed E-state index contributed by atoms with van der Waals surface area (Å²) < 4.78 is 35.1. The third kappa shape index (κ3) is 12.7. The fraction of sp³-hybridized carbons (Fsp3) is 0.604.